The van der Waals surface area contributed by atoms with Gasteiger partial charge in [0.25, 0.3) is 11.7 Å². The zero-order chi connectivity index (χ0) is 21.3. The van der Waals surface area contributed by atoms with Gasteiger partial charge in [-0.2, -0.15) is 0 Å². The fraction of sp³-hybridized carbons (Fsp3) is 0.125. The van der Waals surface area contributed by atoms with Crippen molar-refractivity contribution in [2.45, 2.75) is 13.0 Å². The monoisotopic (exact) mass is 400 g/mol. The standard InChI is InChI=1S/C24H20N2O4/c1-15-9-11-16(12-10-15)22(27)20-21(19-8-3-4-13-25-19)26(24(29)23(20)28)17-6-5-7-18(14-17)30-2/h3-14,21,27H,1-2H3/b22-20+. The van der Waals surface area contributed by atoms with Crippen LogP contribution in [0.3, 0.4) is 0 Å². The molecular formula is C24H20N2O4. The number of aliphatic hydroxyl groups excluding tert-OH is 1. The Bertz CT molecular complexity index is 1140. The minimum Gasteiger partial charge on any atom is -0.507 e. The maximum Gasteiger partial charge on any atom is 0.300 e. The van der Waals surface area contributed by atoms with E-state index in [0.717, 1.165) is 5.56 Å². The van der Waals surface area contributed by atoms with Crippen molar-refractivity contribution in [1.82, 2.24) is 4.98 Å². The summed E-state index contributed by atoms with van der Waals surface area (Å²) in [7, 11) is 1.53. The number of aliphatic hydroxyl groups is 1. The number of methoxy groups -OCH3 is 1. The number of carbonyl (C=O) groups excluding carboxylic acids is 2. The lowest BCUT2D eigenvalue weighted by molar-refractivity contribution is -0.132. The molecule has 0 saturated carbocycles. The normalized spacial score (nSPS) is 17.9. The molecule has 4 rings (SSSR count). The Morgan fingerprint density at radius 1 is 1.03 bits per heavy atom. The first kappa shape index (κ1) is 19.4. The van der Waals surface area contributed by atoms with Gasteiger partial charge in [-0.05, 0) is 31.2 Å². The predicted molar refractivity (Wildman–Crippen MR) is 113 cm³/mol. The lowest BCUT2D eigenvalue weighted by Gasteiger charge is -2.24. The summed E-state index contributed by atoms with van der Waals surface area (Å²) in [6.45, 7) is 1.93. The number of ketones is 1. The van der Waals surface area contributed by atoms with Gasteiger partial charge in [-0.1, -0.05) is 42.0 Å². The molecule has 0 radical (unpaired) electrons. The number of amides is 1. The molecule has 6 nitrogen and oxygen atoms in total. The highest BCUT2D eigenvalue weighted by molar-refractivity contribution is 6.51. The van der Waals surface area contributed by atoms with E-state index in [2.05, 4.69) is 4.98 Å². The van der Waals surface area contributed by atoms with E-state index >= 15 is 0 Å². The van der Waals surface area contributed by atoms with Crippen LogP contribution in [0, 0.1) is 6.92 Å². The molecule has 1 aliphatic rings. The summed E-state index contributed by atoms with van der Waals surface area (Å²) < 4.78 is 5.27. The number of benzene rings is 2. The minimum absolute atomic E-state index is 0.00497. The van der Waals surface area contributed by atoms with Crippen molar-refractivity contribution in [1.29, 1.82) is 0 Å². The van der Waals surface area contributed by atoms with Gasteiger partial charge in [-0.15, -0.1) is 0 Å². The van der Waals surface area contributed by atoms with Crippen LogP contribution >= 0.6 is 0 Å². The molecule has 2 heterocycles. The van der Waals surface area contributed by atoms with Crippen LogP contribution in [-0.2, 0) is 9.59 Å². The smallest absolute Gasteiger partial charge is 0.300 e. The Morgan fingerprint density at radius 3 is 2.47 bits per heavy atom. The Labute approximate surface area is 174 Å². The molecule has 30 heavy (non-hydrogen) atoms. The Kier molecular flexibility index (Phi) is 5.06. The topological polar surface area (TPSA) is 79.7 Å². The second-order valence-corrected chi connectivity index (χ2v) is 6.99. The first-order valence-corrected chi connectivity index (χ1v) is 9.44. The van der Waals surface area contributed by atoms with E-state index in [0.29, 0.717) is 22.7 Å². The summed E-state index contributed by atoms with van der Waals surface area (Å²) in [6, 6.07) is 18.4. The second-order valence-electron chi connectivity index (χ2n) is 6.99. The molecule has 0 spiro atoms. The van der Waals surface area contributed by atoms with Crippen molar-refractivity contribution in [2.24, 2.45) is 0 Å². The van der Waals surface area contributed by atoms with E-state index < -0.39 is 17.7 Å². The molecular weight excluding hydrogens is 380 g/mol. The second kappa shape index (κ2) is 7.83. The van der Waals surface area contributed by atoms with Gasteiger partial charge < -0.3 is 9.84 Å². The van der Waals surface area contributed by atoms with Crippen molar-refractivity contribution in [3.63, 3.8) is 0 Å². The molecule has 1 atom stereocenters. The number of aryl methyl sites for hydroxylation is 1. The number of aromatic nitrogens is 1. The lowest BCUT2D eigenvalue weighted by Crippen LogP contribution is -2.29. The highest BCUT2D eigenvalue weighted by Gasteiger charge is 2.47. The summed E-state index contributed by atoms with van der Waals surface area (Å²) in [5.41, 5.74) is 2.45. The molecule has 1 aromatic heterocycles. The molecule has 1 aliphatic heterocycles. The molecule has 3 aromatic rings. The number of hydrogen-bond acceptors (Lipinski definition) is 5. The van der Waals surface area contributed by atoms with Crippen molar-refractivity contribution in [3.05, 3.63) is 95.3 Å². The Hall–Kier alpha value is -3.93. The fourth-order valence-corrected chi connectivity index (χ4v) is 3.54. The molecule has 6 heteroatoms. The van der Waals surface area contributed by atoms with Gasteiger partial charge in [-0.3, -0.25) is 19.5 Å². The zero-order valence-electron chi connectivity index (χ0n) is 16.6. The summed E-state index contributed by atoms with van der Waals surface area (Å²) in [6.07, 6.45) is 1.59. The van der Waals surface area contributed by atoms with Crippen LogP contribution in [-0.4, -0.2) is 28.9 Å². The molecule has 2 aromatic carbocycles. The van der Waals surface area contributed by atoms with E-state index in [9.17, 15) is 14.7 Å². The first-order chi connectivity index (χ1) is 14.5. The number of carbonyl (C=O) groups is 2. The Morgan fingerprint density at radius 2 is 1.80 bits per heavy atom. The van der Waals surface area contributed by atoms with Crippen LogP contribution in [0.5, 0.6) is 5.75 Å². The minimum atomic E-state index is -0.861. The van der Waals surface area contributed by atoms with Gasteiger partial charge >= 0.3 is 0 Å². The van der Waals surface area contributed by atoms with Gasteiger partial charge in [0.05, 0.1) is 18.4 Å². The average molecular weight is 400 g/mol. The van der Waals surface area contributed by atoms with Crippen LogP contribution in [0.4, 0.5) is 5.69 Å². The summed E-state index contributed by atoms with van der Waals surface area (Å²) in [5, 5.41) is 11.0. The number of rotatable bonds is 4. The van der Waals surface area contributed by atoms with E-state index in [4.69, 9.17) is 4.74 Å². The van der Waals surface area contributed by atoms with Gasteiger partial charge in [0.1, 0.15) is 17.6 Å². The Balaban J connectivity index is 1.93. The number of pyridine rings is 1. The van der Waals surface area contributed by atoms with E-state index in [1.54, 1.807) is 60.8 Å². The number of anilines is 1. The largest absolute Gasteiger partial charge is 0.507 e. The highest BCUT2D eigenvalue weighted by Crippen LogP contribution is 2.42. The summed E-state index contributed by atoms with van der Waals surface area (Å²) in [4.78, 5) is 31.8. The van der Waals surface area contributed by atoms with E-state index in [-0.39, 0.29) is 11.3 Å². The van der Waals surface area contributed by atoms with E-state index in [1.807, 2.05) is 19.1 Å². The van der Waals surface area contributed by atoms with Crippen LogP contribution in [0.1, 0.15) is 22.9 Å². The molecule has 0 bridgehead atoms. The van der Waals surface area contributed by atoms with E-state index in [1.165, 1.54) is 12.0 Å². The van der Waals surface area contributed by atoms with Crippen molar-refractivity contribution in [2.75, 3.05) is 12.0 Å². The molecule has 1 unspecified atom stereocenters. The molecule has 0 aliphatic carbocycles. The predicted octanol–water partition coefficient (Wildman–Crippen LogP) is 4.02. The number of ether oxygens (including phenoxy) is 1. The molecule has 1 N–H and O–H groups in total. The average Bonchev–Trinajstić information content (AvgIpc) is 3.05. The molecule has 150 valence electrons. The number of hydrogen-bond donors (Lipinski definition) is 1. The van der Waals surface area contributed by atoms with Gasteiger partial charge in [0.15, 0.2) is 0 Å². The molecule has 1 fully saturated rings. The van der Waals surface area contributed by atoms with Crippen LogP contribution in [0.15, 0.2) is 78.5 Å². The maximum atomic E-state index is 13.1. The van der Waals surface area contributed by atoms with Crippen LogP contribution in [0.25, 0.3) is 5.76 Å². The number of nitrogens with zero attached hydrogens (tertiary/aromatic N) is 2. The molecule has 1 amide bonds. The number of Topliss-reactive ketones (excluding diaryl/α,β-unsaturated/α-hetero) is 1. The highest BCUT2D eigenvalue weighted by atomic mass is 16.5. The van der Waals surface area contributed by atoms with Crippen LogP contribution in [0.2, 0.25) is 0 Å². The third-order valence-corrected chi connectivity index (χ3v) is 5.07. The van der Waals surface area contributed by atoms with Crippen LogP contribution < -0.4 is 9.64 Å². The quantitative estimate of drug-likeness (QED) is 0.406. The summed E-state index contributed by atoms with van der Waals surface area (Å²) in [5.74, 6) is -1.17. The SMILES string of the molecule is COc1cccc(N2C(=O)C(=O)/C(=C(/O)c3ccc(C)cc3)C2c2ccccn2)c1. The van der Waals surface area contributed by atoms with Crippen molar-refractivity contribution >= 4 is 23.1 Å². The third-order valence-electron chi connectivity index (χ3n) is 5.07. The van der Waals surface area contributed by atoms with Crippen molar-refractivity contribution in [3.8, 4) is 5.75 Å². The third kappa shape index (κ3) is 3.33. The van der Waals surface area contributed by atoms with Gasteiger partial charge in [-0.25, -0.2) is 0 Å². The van der Waals surface area contributed by atoms with Gasteiger partial charge in [0.2, 0.25) is 0 Å². The van der Waals surface area contributed by atoms with Gasteiger partial charge in [0, 0.05) is 23.5 Å². The zero-order valence-corrected chi connectivity index (χ0v) is 16.6. The first-order valence-electron chi connectivity index (χ1n) is 9.44. The fourth-order valence-electron chi connectivity index (χ4n) is 3.54. The molecule has 1 saturated heterocycles. The lowest BCUT2D eigenvalue weighted by atomic mass is 9.97. The van der Waals surface area contributed by atoms with Crippen molar-refractivity contribution < 1.29 is 19.4 Å². The summed E-state index contributed by atoms with van der Waals surface area (Å²) >= 11 is 0. The maximum absolute atomic E-state index is 13.1.